The van der Waals surface area contributed by atoms with Crippen molar-refractivity contribution < 1.29 is 14.3 Å². The molecule has 11 nitrogen and oxygen atoms in total. The number of anilines is 1. The van der Waals surface area contributed by atoms with E-state index in [-0.39, 0.29) is 17.6 Å². The minimum Gasteiger partial charge on any atom is -0.450 e. The Kier molecular flexibility index (Phi) is 7.22. The van der Waals surface area contributed by atoms with Crippen LogP contribution in [0.25, 0.3) is 33.3 Å². The van der Waals surface area contributed by atoms with E-state index >= 15 is 0 Å². The molecule has 1 atom stereocenters. The molecule has 1 amide bonds. The molecule has 2 saturated heterocycles. The zero-order valence-corrected chi connectivity index (χ0v) is 24.3. The van der Waals surface area contributed by atoms with Crippen molar-refractivity contribution in [3.05, 3.63) is 28.0 Å². The van der Waals surface area contributed by atoms with Crippen molar-refractivity contribution in [1.29, 1.82) is 0 Å². The van der Waals surface area contributed by atoms with E-state index in [0.717, 1.165) is 50.3 Å². The van der Waals surface area contributed by atoms with Gasteiger partial charge in [0.15, 0.2) is 11.5 Å². The van der Waals surface area contributed by atoms with Crippen LogP contribution in [0.3, 0.4) is 0 Å². The Bertz CT molecular complexity index is 1580. The summed E-state index contributed by atoms with van der Waals surface area (Å²) in [5, 5.41) is 16.6. The molecule has 0 aliphatic carbocycles. The number of fused-ring (bicyclic) bond motifs is 2. The third-order valence-corrected chi connectivity index (χ3v) is 8.99. The van der Waals surface area contributed by atoms with Gasteiger partial charge in [-0.05, 0) is 38.3 Å². The van der Waals surface area contributed by atoms with E-state index in [1.165, 1.54) is 0 Å². The number of hydrogen-bond donors (Lipinski definition) is 2. The number of nitrogens with one attached hydrogen (secondary N) is 2. The fraction of sp³-hybridized carbons (Fsp3) is 0.519. The van der Waals surface area contributed by atoms with E-state index < -0.39 is 0 Å². The van der Waals surface area contributed by atoms with Gasteiger partial charge >= 0.3 is 6.09 Å². The highest BCUT2D eigenvalue weighted by Gasteiger charge is 2.47. The van der Waals surface area contributed by atoms with Gasteiger partial charge in [0, 0.05) is 31.1 Å². The van der Waals surface area contributed by atoms with E-state index in [1.54, 1.807) is 11.7 Å². The zero-order valence-electron chi connectivity index (χ0n) is 22.8. The second-order valence-corrected chi connectivity index (χ2v) is 11.4. The number of piperidine rings is 1. The predicted octanol–water partition coefficient (Wildman–Crippen LogP) is 5.03. The number of benzene rings is 1. The summed E-state index contributed by atoms with van der Waals surface area (Å²) in [4.78, 5) is 24.4. The molecule has 2 aliphatic rings. The normalized spacial score (nSPS) is 18.7. The topological polar surface area (TPSA) is 123 Å². The molecule has 1 spiro atoms. The number of aromatic nitrogens is 6. The summed E-state index contributed by atoms with van der Waals surface area (Å²) in [7, 11) is 1.78. The van der Waals surface area contributed by atoms with Gasteiger partial charge in [0.1, 0.15) is 16.4 Å². The van der Waals surface area contributed by atoms with Crippen LogP contribution in [0.15, 0.2) is 12.1 Å². The Morgan fingerprint density at radius 1 is 1.27 bits per heavy atom. The lowest BCUT2D eigenvalue weighted by atomic mass is 9.74. The van der Waals surface area contributed by atoms with E-state index in [4.69, 9.17) is 42.6 Å². The second kappa shape index (κ2) is 10.7. The molecule has 1 aromatic carbocycles. The van der Waals surface area contributed by atoms with Crippen LogP contribution >= 0.6 is 23.2 Å². The van der Waals surface area contributed by atoms with Gasteiger partial charge in [0.05, 0.1) is 47.5 Å². The van der Waals surface area contributed by atoms with Gasteiger partial charge in [-0.2, -0.15) is 10.2 Å². The zero-order chi connectivity index (χ0) is 28.0. The molecule has 3 aromatic heterocycles. The van der Waals surface area contributed by atoms with Crippen molar-refractivity contribution in [1.82, 2.24) is 35.3 Å². The van der Waals surface area contributed by atoms with Crippen LogP contribution in [-0.4, -0.2) is 75.0 Å². The highest BCUT2D eigenvalue weighted by molar-refractivity contribution is 6.43. The molecule has 2 fully saturated rings. The van der Waals surface area contributed by atoms with E-state index in [9.17, 15) is 4.79 Å². The summed E-state index contributed by atoms with van der Waals surface area (Å²) in [5.74, 6) is 0.816. The van der Waals surface area contributed by atoms with Crippen LogP contribution in [0.2, 0.25) is 10.2 Å². The first-order chi connectivity index (χ1) is 19.3. The summed E-state index contributed by atoms with van der Waals surface area (Å²) < 4.78 is 12.8. The summed E-state index contributed by atoms with van der Waals surface area (Å²) in [6.07, 6.45) is 3.21. The minimum atomic E-state index is -0.363. The van der Waals surface area contributed by atoms with Gasteiger partial charge in [-0.1, -0.05) is 36.5 Å². The van der Waals surface area contributed by atoms with Crippen LogP contribution in [0.1, 0.15) is 38.3 Å². The maximum absolute atomic E-state index is 12.3. The van der Waals surface area contributed by atoms with Gasteiger partial charge in [0.25, 0.3) is 0 Å². The van der Waals surface area contributed by atoms with Crippen molar-refractivity contribution in [2.24, 2.45) is 12.5 Å². The maximum atomic E-state index is 12.3. The number of aryl methyl sites for hydroxylation is 2. The highest BCUT2D eigenvalue weighted by atomic mass is 35.5. The molecular formula is C27H32Cl2N8O3. The molecule has 212 valence electrons. The number of amides is 1. The van der Waals surface area contributed by atoms with Crippen molar-refractivity contribution in [2.45, 2.75) is 45.6 Å². The molecule has 0 saturated carbocycles. The standard InChI is InChI=1S/C27H32Cl2N8O3/c1-4-5-12-40-26(38)31-18-13-39-14-27(18)8-10-37(11-9-27)25-15(2)30-22-21(33-34-24(22)32-25)16-6-7-17-19(20(16)28)23(29)36(3)35-17/h6-7,18H,4-5,8-14H2,1-3H3,(H,31,38)(H,32,33,34)/t18-/m1/s1. The van der Waals surface area contributed by atoms with E-state index in [2.05, 4.69) is 32.4 Å². The van der Waals surface area contributed by atoms with Crippen LogP contribution in [0, 0.1) is 12.3 Å². The summed E-state index contributed by atoms with van der Waals surface area (Å²) in [5.41, 5.74) is 3.96. The first-order valence-corrected chi connectivity index (χ1v) is 14.4. The third-order valence-electron chi connectivity index (χ3n) is 8.16. The molecule has 13 heteroatoms. The third kappa shape index (κ3) is 4.63. The van der Waals surface area contributed by atoms with Crippen molar-refractivity contribution in [3.8, 4) is 11.3 Å². The largest absolute Gasteiger partial charge is 0.450 e. The summed E-state index contributed by atoms with van der Waals surface area (Å²) in [6.45, 7) is 7.14. The molecular weight excluding hydrogens is 555 g/mol. The van der Waals surface area contributed by atoms with E-state index in [0.29, 0.717) is 63.3 Å². The Hall–Kier alpha value is -3.15. The molecule has 0 bridgehead atoms. The summed E-state index contributed by atoms with van der Waals surface area (Å²) in [6, 6.07) is 3.69. The Morgan fingerprint density at radius 3 is 2.85 bits per heavy atom. The van der Waals surface area contributed by atoms with Crippen molar-refractivity contribution >= 4 is 57.2 Å². The molecule has 5 heterocycles. The molecule has 4 aromatic rings. The lowest BCUT2D eigenvalue weighted by molar-refractivity contribution is 0.118. The van der Waals surface area contributed by atoms with Gasteiger partial charge in [0.2, 0.25) is 0 Å². The number of carbonyl (C=O) groups is 1. The highest BCUT2D eigenvalue weighted by Crippen LogP contribution is 2.42. The average Bonchev–Trinajstić information content (AvgIpc) is 3.60. The maximum Gasteiger partial charge on any atom is 0.407 e. The lowest BCUT2D eigenvalue weighted by Gasteiger charge is -2.42. The lowest BCUT2D eigenvalue weighted by Crippen LogP contribution is -2.52. The summed E-state index contributed by atoms with van der Waals surface area (Å²) >= 11 is 13.2. The number of hydrogen-bond acceptors (Lipinski definition) is 8. The molecule has 0 unspecified atom stereocenters. The van der Waals surface area contributed by atoms with E-state index in [1.807, 2.05) is 19.1 Å². The number of ether oxygens (including phenoxy) is 2. The van der Waals surface area contributed by atoms with Crippen LogP contribution in [0.4, 0.5) is 10.6 Å². The SMILES string of the molecule is CCCCOC(=O)N[C@@H]1COCC12CCN(c1nc3[nH]nc(-c4ccc5nn(C)c(Cl)c5c4Cl)c3nc1C)CC2. The van der Waals surface area contributed by atoms with Crippen molar-refractivity contribution in [3.63, 3.8) is 0 Å². The van der Waals surface area contributed by atoms with Gasteiger partial charge in [-0.3, -0.25) is 9.78 Å². The molecule has 6 rings (SSSR count). The second-order valence-electron chi connectivity index (χ2n) is 10.7. The minimum absolute atomic E-state index is 0.0657. The number of unbranched alkanes of at least 4 members (excludes halogenated alkanes) is 1. The molecule has 2 aliphatic heterocycles. The first kappa shape index (κ1) is 27.0. The number of aromatic amines is 1. The van der Waals surface area contributed by atoms with Crippen LogP contribution in [0.5, 0.6) is 0 Å². The quantitative estimate of drug-likeness (QED) is 0.301. The Balaban J connectivity index is 1.21. The molecule has 2 N–H and O–H groups in total. The first-order valence-electron chi connectivity index (χ1n) is 13.6. The monoisotopic (exact) mass is 586 g/mol. The number of alkyl carbamates (subject to hydrolysis) is 1. The number of rotatable bonds is 6. The van der Waals surface area contributed by atoms with Crippen molar-refractivity contribution in [2.75, 3.05) is 37.8 Å². The number of carbonyl (C=O) groups excluding carboxylic acids is 1. The van der Waals surface area contributed by atoms with Crippen LogP contribution in [-0.2, 0) is 16.5 Å². The Labute approximate surface area is 241 Å². The number of halogens is 2. The smallest absolute Gasteiger partial charge is 0.407 e. The number of nitrogens with zero attached hydrogens (tertiary/aromatic N) is 6. The molecule has 40 heavy (non-hydrogen) atoms. The van der Waals surface area contributed by atoms with Gasteiger partial charge in [-0.25, -0.2) is 14.8 Å². The van der Waals surface area contributed by atoms with Gasteiger partial charge in [-0.15, -0.1) is 0 Å². The molecule has 0 radical (unpaired) electrons. The predicted molar refractivity (Wildman–Crippen MR) is 154 cm³/mol. The average molecular weight is 588 g/mol. The Morgan fingerprint density at radius 2 is 2.08 bits per heavy atom. The van der Waals surface area contributed by atoms with Crippen LogP contribution < -0.4 is 10.2 Å². The van der Waals surface area contributed by atoms with Gasteiger partial charge < -0.3 is 19.7 Å². The number of H-pyrrole nitrogens is 1. The fourth-order valence-electron chi connectivity index (χ4n) is 5.80. The fourth-order valence-corrected chi connectivity index (χ4v) is 6.42.